The van der Waals surface area contributed by atoms with Gasteiger partial charge in [-0.25, -0.2) is 4.98 Å². The van der Waals surface area contributed by atoms with Gasteiger partial charge < -0.3 is 10.2 Å². The van der Waals surface area contributed by atoms with Gasteiger partial charge in [-0.15, -0.1) is 0 Å². The second kappa shape index (κ2) is 8.55. The van der Waals surface area contributed by atoms with Gasteiger partial charge in [0.1, 0.15) is 5.82 Å². The summed E-state index contributed by atoms with van der Waals surface area (Å²) in [6.45, 7) is 2.81. The molecule has 4 rings (SSSR count). The number of hydrogen-bond acceptors (Lipinski definition) is 3. The SMILES string of the molecule is O=C(NCCC1=CCCCC1)c1cnc(N2CCCCC2)c2ccccc12. The van der Waals surface area contributed by atoms with E-state index in [9.17, 15) is 4.79 Å². The van der Waals surface area contributed by atoms with E-state index in [2.05, 4.69) is 22.4 Å². The van der Waals surface area contributed by atoms with E-state index < -0.39 is 0 Å². The minimum absolute atomic E-state index is 0.0136. The van der Waals surface area contributed by atoms with Gasteiger partial charge in [0.15, 0.2) is 0 Å². The Labute approximate surface area is 161 Å². The molecule has 1 fully saturated rings. The second-order valence-corrected chi connectivity index (χ2v) is 7.70. The summed E-state index contributed by atoms with van der Waals surface area (Å²) < 4.78 is 0. The minimum atomic E-state index is -0.0136. The fraction of sp³-hybridized carbons (Fsp3) is 0.478. The lowest BCUT2D eigenvalue weighted by Gasteiger charge is -2.29. The third kappa shape index (κ3) is 4.15. The number of nitrogens with one attached hydrogen (secondary N) is 1. The Morgan fingerprint density at radius 2 is 1.85 bits per heavy atom. The number of nitrogens with zero attached hydrogens (tertiary/aromatic N) is 2. The molecule has 1 N–H and O–H groups in total. The van der Waals surface area contributed by atoms with Crippen molar-refractivity contribution < 1.29 is 4.79 Å². The Morgan fingerprint density at radius 1 is 1.04 bits per heavy atom. The lowest BCUT2D eigenvalue weighted by atomic mass is 9.97. The first kappa shape index (κ1) is 18.0. The molecule has 1 saturated heterocycles. The minimum Gasteiger partial charge on any atom is -0.356 e. The molecule has 0 radical (unpaired) electrons. The third-order valence-electron chi connectivity index (χ3n) is 5.79. The number of aromatic nitrogens is 1. The highest BCUT2D eigenvalue weighted by molar-refractivity contribution is 6.09. The predicted octanol–water partition coefficient (Wildman–Crippen LogP) is 4.85. The highest BCUT2D eigenvalue weighted by Crippen LogP contribution is 2.29. The van der Waals surface area contributed by atoms with Crippen molar-refractivity contribution >= 4 is 22.5 Å². The van der Waals surface area contributed by atoms with Gasteiger partial charge >= 0.3 is 0 Å². The third-order valence-corrected chi connectivity index (χ3v) is 5.79. The number of hydrogen-bond donors (Lipinski definition) is 1. The van der Waals surface area contributed by atoms with Crippen molar-refractivity contribution in [2.75, 3.05) is 24.5 Å². The molecule has 0 unspecified atom stereocenters. The van der Waals surface area contributed by atoms with Crippen LogP contribution in [0.5, 0.6) is 0 Å². The van der Waals surface area contributed by atoms with Gasteiger partial charge in [0, 0.05) is 31.2 Å². The summed E-state index contributed by atoms with van der Waals surface area (Å²) in [7, 11) is 0. The summed E-state index contributed by atoms with van der Waals surface area (Å²) >= 11 is 0. The van der Waals surface area contributed by atoms with E-state index in [4.69, 9.17) is 4.98 Å². The van der Waals surface area contributed by atoms with E-state index in [1.54, 1.807) is 6.20 Å². The molecule has 27 heavy (non-hydrogen) atoms. The van der Waals surface area contributed by atoms with Crippen LogP contribution in [0.3, 0.4) is 0 Å². The van der Waals surface area contributed by atoms with Crippen molar-refractivity contribution in [3.05, 3.63) is 47.7 Å². The van der Waals surface area contributed by atoms with Crippen LogP contribution in [0.2, 0.25) is 0 Å². The molecule has 0 saturated carbocycles. The normalized spacial score (nSPS) is 17.6. The lowest BCUT2D eigenvalue weighted by molar-refractivity contribution is 0.0955. The molecule has 4 nitrogen and oxygen atoms in total. The number of fused-ring (bicyclic) bond motifs is 1. The molecule has 2 heterocycles. The number of carbonyl (C=O) groups excluding carboxylic acids is 1. The van der Waals surface area contributed by atoms with Gasteiger partial charge in [-0.05, 0) is 56.8 Å². The van der Waals surface area contributed by atoms with Crippen molar-refractivity contribution in [2.24, 2.45) is 0 Å². The molecule has 2 aliphatic rings. The van der Waals surface area contributed by atoms with E-state index >= 15 is 0 Å². The molecular formula is C23H29N3O. The summed E-state index contributed by atoms with van der Waals surface area (Å²) in [6.07, 6.45) is 13.8. The molecular weight excluding hydrogens is 334 g/mol. The number of piperidine rings is 1. The van der Waals surface area contributed by atoms with Gasteiger partial charge in [-0.3, -0.25) is 4.79 Å². The van der Waals surface area contributed by atoms with Crippen LogP contribution >= 0.6 is 0 Å². The number of allylic oxidation sites excluding steroid dienone is 1. The van der Waals surface area contributed by atoms with Gasteiger partial charge in [-0.2, -0.15) is 0 Å². The maximum Gasteiger partial charge on any atom is 0.253 e. The molecule has 1 aliphatic carbocycles. The molecule has 1 aromatic heterocycles. The molecule has 0 spiro atoms. The van der Waals surface area contributed by atoms with E-state index in [1.807, 2.05) is 18.2 Å². The summed E-state index contributed by atoms with van der Waals surface area (Å²) in [5, 5.41) is 5.19. The van der Waals surface area contributed by atoms with Crippen LogP contribution in [0.25, 0.3) is 10.8 Å². The van der Waals surface area contributed by atoms with E-state index in [0.29, 0.717) is 12.1 Å². The maximum absolute atomic E-state index is 12.8. The average molecular weight is 364 g/mol. The highest BCUT2D eigenvalue weighted by Gasteiger charge is 2.18. The molecule has 1 amide bonds. The largest absolute Gasteiger partial charge is 0.356 e. The molecule has 0 bridgehead atoms. The molecule has 142 valence electrons. The Morgan fingerprint density at radius 3 is 2.63 bits per heavy atom. The quantitative estimate of drug-likeness (QED) is 0.773. The summed E-state index contributed by atoms with van der Waals surface area (Å²) in [6, 6.07) is 8.18. The first-order valence-electron chi connectivity index (χ1n) is 10.4. The molecule has 1 aliphatic heterocycles. The monoisotopic (exact) mass is 363 g/mol. The van der Waals surface area contributed by atoms with E-state index in [0.717, 1.165) is 36.1 Å². The predicted molar refractivity (Wildman–Crippen MR) is 111 cm³/mol. The van der Waals surface area contributed by atoms with Crippen LogP contribution in [0.1, 0.15) is 61.7 Å². The standard InChI is InChI=1S/C23H29N3O/c27-23(24-14-13-18-9-3-1-4-10-18)21-17-25-22(26-15-7-2-8-16-26)20-12-6-5-11-19(20)21/h5-6,9,11-12,17H,1-4,7-8,10,13-16H2,(H,24,27). The Bertz CT molecular complexity index is 837. The van der Waals surface area contributed by atoms with E-state index in [-0.39, 0.29) is 5.91 Å². The zero-order valence-electron chi connectivity index (χ0n) is 16.0. The van der Waals surface area contributed by atoms with Gasteiger partial charge in [0.25, 0.3) is 5.91 Å². The first-order chi connectivity index (χ1) is 13.3. The highest BCUT2D eigenvalue weighted by atomic mass is 16.1. The van der Waals surface area contributed by atoms with Crippen molar-refractivity contribution in [3.63, 3.8) is 0 Å². The number of benzene rings is 1. The van der Waals surface area contributed by atoms with E-state index in [1.165, 1.54) is 50.5 Å². The molecule has 4 heteroatoms. The van der Waals surface area contributed by atoms with Gasteiger partial charge in [-0.1, -0.05) is 35.9 Å². The zero-order chi connectivity index (χ0) is 18.5. The zero-order valence-corrected chi connectivity index (χ0v) is 16.0. The Kier molecular flexibility index (Phi) is 5.71. The fourth-order valence-electron chi connectivity index (χ4n) is 4.28. The summed E-state index contributed by atoms with van der Waals surface area (Å²) in [4.78, 5) is 19.9. The van der Waals surface area contributed by atoms with Crippen LogP contribution in [0.4, 0.5) is 5.82 Å². The maximum atomic E-state index is 12.8. The number of pyridine rings is 1. The smallest absolute Gasteiger partial charge is 0.253 e. The summed E-state index contributed by atoms with van der Waals surface area (Å²) in [5.41, 5.74) is 2.17. The summed E-state index contributed by atoms with van der Waals surface area (Å²) in [5.74, 6) is 1.01. The lowest BCUT2D eigenvalue weighted by Crippen LogP contribution is -2.31. The van der Waals surface area contributed by atoms with Crippen molar-refractivity contribution in [3.8, 4) is 0 Å². The van der Waals surface area contributed by atoms with Crippen LogP contribution in [0.15, 0.2) is 42.1 Å². The van der Waals surface area contributed by atoms with Crippen LogP contribution in [-0.4, -0.2) is 30.5 Å². The average Bonchev–Trinajstić information content (AvgIpc) is 2.74. The number of carbonyl (C=O) groups is 1. The van der Waals surface area contributed by atoms with Gasteiger partial charge in [0.05, 0.1) is 5.56 Å². The molecule has 1 aromatic carbocycles. The Balaban J connectivity index is 1.51. The van der Waals surface area contributed by atoms with Crippen molar-refractivity contribution in [1.29, 1.82) is 0 Å². The second-order valence-electron chi connectivity index (χ2n) is 7.70. The fourth-order valence-corrected chi connectivity index (χ4v) is 4.28. The molecule has 0 atom stereocenters. The van der Waals surface area contributed by atoms with Crippen LogP contribution in [0, 0.1) is 0 Å². The van der Waals surface area contributed by atoms with Crippen LogP contribution in [-0.2, 0) is 0 Å². The number of amides is 1. The van der Waals surface area contributed by atoms with Crippen molar-refractivity contribution in [1.82, 2.24) is 10.3 Å². The number of anilines is 1. The molecule has 2 aromatic rings. The first-order valence-corrected chi connectivity index (χ1v) is 10.4. The topological polar surface area (TPSA) is 45.2 Å². The van der Waals surface area contributed by atoms with Gasteiger partial charge in [0.2, 0.25) is 0 Å². The van der Waals surface area contributed by atoms with Crippen LogP contribution < -0.4 is 10.2 Å². The van der Waals surface area contributed by atoms with Crippen molar-refractivity contribution in [2.45, 2.75) is 51.4 Å². The Hall–Kier alpha value is -2.36. The number of rotatable bonds is 5.